The highest BCUT2D eigenvalue weighted by molar-refractivity contribution is 7.59. The Labute approximate surface area is 230 Å². The molecule has 2 aromatic carbocycles. The molecule has 3 atom stereocenters. The quantitative estimate of drug-likeness (QED) is 0.507. The second-order valence-electron chi connectivity index (χ2n) is 9.07. The summed E-state index contributed by atoms with van der Waals surface area (Å²) < 4.78 is 15.5. The number of halogens is 1. The summed E-state index contributed by atoms with van der Waals surface area (Å²) in [5, 5.41) is 7.56. The van der Waals surface area contributed by atoms with Gasteiger partial charge in [0, 0.05) is 24.0 Å². The lowest BCUT2D eigenvalue weighted by molar-refractivity contribution is -0.127. The molecule has 3 amide bonds. The number of hydrogen-bond acceptors (Lipinski definition) is 4. The molecule has 1 aliphatic rings. The molecule has 1 aliphatic heterocycles. The first kappa shape index (κ1) is 30.1. The molecule has 0 saturated heterocycles. The second-order valence-corrected chi connectivity index (χ2v) is 9.07. The highest BCUT2D eigenvalue weighted by atomic mass is 32.1. The van der Waals surface area contributed by atoms with E-state index in [2.05, 4.69) is 5.32 Å². The van der Waals surface area contributed by atoms with E-state index in [1.807, 2.05) is 33.8 Å². The molecule has 0 bridgehead atoms. The van der Waals surface area contributed by atoms with Crippen LogP contribution in [0, 0.1) is 19.7 Å². The minimum Gasteiger partial charge on any atom is -0.339 e. The topological polar surface area (TPSA) is 84.3 Å². The molecule has 0 radical (unpaired) electrons. The third-order valence-electron chi connectivity index (χ3n) is 6.57. The zero-order valence-electron chi connectivity index (χ0n) is 21.5. The van der Waals surface area contributed by atoms with Gasteiger partial charge in [0.15, 0.2) is 0 Å². The summed E-state index contributed by atoms with van der Waals surface area (Å²) in [6, 6.07) is 11.7. The first-order chi connectivity index (χ1) is 16.6. The number of aromatic nitrogens is 2. The predicted octanol–water partition coefficient (Wildman–Crippen LogP) is 4.66. The van der Waals surface area contributed by atoms with Crippen LogP contribution >= 0.6 is 27.0 Å². The molecule has 7 nitrogen and oxygen atoms in total. The molecular weight excluding hydrogens is 511 g/mol. The summed E-state index contributed by atoms with van der Waals surface area (Å²) >= 11 is 0. The molecule has 0 saturated carbocycles. The zero-order valence-corrected chi connectivity index (χ0v) is 23.5. The van der Waals surface area contributed by atoms with Crippen molar-refractivity contribution in [2.45, 2.75) is 59.0 Å². The van der Waals surface area contributed by atoms with E-state index in [4.69, 9.17) is 5.10 Å². The Hall–Kier alpha value is -3.11. The minimum atomic E-state index is -1.09. The summed E-state index contributed by atoms with van der Waals surface area (Å²) in [4.78, 5) is 41.0. The van der Waals surface area contributed by atoms with Crippen LogP contribution in [0.3, 0.4) is 0 Å². The smallest absolute Gasteiger partial charge is 0.258 e. The molecule has 198 valence electrons. The Kier molecular flexibility index (Phi) is 9.73. The van der Waals surface area contributed by atoms with E-state index in [1.54, 1.807) is 35.0 Å². The van der Waals surface area contributed by atoms with Gasteiger partial charge in [-0.15, -0.1) is 0 Å². The number of anilines is 1. The lowest BCUT2D eigenvalue weighted by atomic mass is 9.81. The molecule has 1 aromatic heterocycles. The molecule has 2 heterocycles. The Balaban J connectivity index is 0.00000241. The van der Waals surface area contributed by atoms with E-state index in [1.165, 1.54) is 19.1 Å². The monoisotopic (exact) mass is 544 g/mol. The second kappa shape index (κ2) is 12.0. The fourth-order valence-corrected chi connectivity index (χ4v) is 4.66. The lowest BCUT2D eigenvalue weighted by Gasteiger charge is -2.38. The fraction of sp³-hybridized carbons (Fsp3) is 0.333. The van der Waals surface area contributed by atoms with E-state index in [-0.39, 0.29) is 33.0 Å². The van der Waals surface area contributed by atoms with Crippen molar-refractivity contribution in [1.29, 1.82) is 0 Å². The SMILES string of the molecule is CCC(C)n1nc(C)c2c1N(C(C)=O)C(=O)[C@@H](NC(=O)c1cccc(C)c1)[C@H]2c1ccc(F)cc1.S.S. The van der Waals surface area contributed by atoms with Crippen LogP contribution in [-0.4, -0.2) is 33.5 Å². The van der Waals surface area contributed by atoms with Gasteiger partial charge in [-0.05, 0) is 57.0 Å². The number of nitrogens with zero attached hydrogens (tertiary/aromatic N) is 3. The maximum atomic E-state index is 13.9. The van der Waals surface area contributed by atoms with Crippen LogP contribution in [0.2, 0.25) is 0 Å². The molecule has 4 rings (SSSR count). The van der Waals surface area contributed by atoms with Crippen LogP contribution in [0.5, 0.6) is 0 Å². The Bertz CT molecular complexity index is 1310. The van der Waals surface area contributed by atoms with E-state index in [0.29, 0.717) is 28.2 Å². The summed E-state index contributed by atoms with van der Waals surface area (Å²) in [5.41, 5.74) is 3.26. The molecule has 10 heteroatoms. The summed E-state index contributed by atoms with van der Waals surface area (Å²) in [7, 11) is 0. The van der Waals surface area contributed by atoms with Crippen molar-refractivity contribution in [2.75, 3.05) is 4.90 Å². The third kappa shape index (κ3) is 5.60. The Morgan fingerprint density at radius 1 is 1.11 bits per heavy atom. The summed E-state index contributed by atoms with van der Waals surface area (Å²) in [6.45, 7) is 8.98. The maximum absolute atomic E-state index is 13.9. The van der Waals surface area contributed by atoms with E-state index in [9.17, 15) is 18.8 Å². The van der Waals surface area contributed by atoms with Crippen LogP contribution in [0.15, 0.2) is 48.5 Å². The number of imide groups is 1. The first-order valence-corrected chi connectivity index (χ1v) is 11.7. The van der Waals surface area contributed by atoms with Gasteiger partial charge in [-0.3, -0.25) is 14.4 Å². The van der Waals surface area contributed by atoms with E-state index < -0.39 is 35.5 Å². The molecule has 0 aliphatic carbocycles. The van der Waals surface area contributed by atoms with E-state index >= 15 is 0 Å². The number of nitrogens with one attached hydrogen (secondary N) is 1. The van der Waals surface area contributed by atoms with Gasteiger partial charge in [-0.2, -0.15) is 32.1 Å². The number of amides is 3. The average molecular weight is 545 g/mol. The van der Waals surface area contributed by atoms with Crippen molar-refractivity contribution in [3.63, 3.8) is 0 Å². The molecule has 1 N–H and O–H groups in total. The zero-order chi connectivity index (χ0) is 25.4. The van der Waals surface area contributed by atoms with Crippen molar-refractivity contribution in [3.05, 3.63) is 82.3 Å². The van der Waals surface area contributed by atoms with Gasteiger partial charge < -0.3 is 5.32 Å². The van der Waals surface area contributed by atoms with Crippen LogP contribution in [0.1, 0.15) is 71.9 Å². The lowest BCUT2D eigenvalue weighted by Crippen LogP contribution is -2.57. The van der Waals surface area contributed by atoms with Crippen molar-refractivity contribution in [3.8, 4) is 0 Å². The molecule has 1 unspecified atom stereocenters. The number of hydrogen-bond donors (Lipinski definition) is 1. The Morgan fingerprint density at radius 3 is 2.32 bits per heavy atom. The van der Waals surface area contributed by atoms with Gasteiger partial charge >= 0.3 is 0 Å². The van der Waals surface area contributed by atoms with Crippen molar-refractivity contribution in [1.82, 2.24) is 15.1 Å². The molecule has 3 aromatic rings. The van der Waals surface area contributed by atoms with Crippen molar-refractivity contribution >= 4 is 50.5 Å². The van der Waals surface area contributed by atoms with Gasteiger partial charge in [0.05, 0.1) is 11.7 Å². The van der Waals surface area contributed by atoms with Crippen molar-refractivity contribution in [2.24, 2.45) is 0 Å². The molecule has 0 spiro atoms. The largest absolute Gasteiger partial charge is 0.339 e. The first-order valence-electron chi connectivity index (χ1n) is 11.7. The van der Waals surface area contributed by atoms with Gasteiger partial charge in [0.2, 0.25) is 5.91 Å². The van der Waals surface area contributed by atoms with Gasteiger partial charge in [-0.1, -0.05) is 36.8 Å². The number of fused-ring (bicyclic) bond motifs is 1. The van der Waals surface area contributed by atoms with E-state index in [0.717, 1.165) is 16.9 Å². The standard InChI is InChI=1S/C27H29FN4O3.2H2S/c1-6-16(3)32-26-22(17(4)30-32)23(19-10-12-21(28)13-11-19)24(27(35)31(26)18(5)33)29-25(34)20-9-7-8-15(2)14-20;;/h7-14,16,23-24H,6H2,1-5H3,(H,29,34);2*1H2/t16?,23-,24-;;/m0../s1. The fourth-order valence-electron chi connectivity index (χ4n) is 4.66. The number of benzene rings is 2. The summed E-state index contributed by atoms with van der Waals surface area (Å²) in [6.07, 6.45) is 0.738. The highest BCUT2D eigenvalue weighted by Crippen LogP contribution is 2.43. The summed E-state index contributed by atoms with van der Waals surface area (Å²) in [5.74, 6) is -2.10. The van der Waals surface area contributed by atoms with Crippen LogP contribution in [-0.2, 0) is 9.59 Å². The van der Waals surface area contributed by atoms with Crippen molar-refractivity contribution < 1.29 is 18.8 Å². The maximum Gasteiger partial charge on any atom is 0.258 e. The number of carbonyl (C=O) groups is 3. The van der Waals surface area contributed by atoms with Crippen LogP contribution in [0.25, 0.3) is 0 Å². The number of carbonyl (C=O) groups excluding carboxylic acids is 3. The number of rotatable bonds is 5. The predicted molar refractivity (Wildman–Crippen MR) is 152 cm³/mol. The van der Waals surface area contributed by atoms with Crippen LogP contribution < -0.4 is 10.2 Å². The van der Waals surface area contributed by atoms with Crippen LogP contribution in [0.4, 0.5) is 10.2 Å². The van der Waals surface area contributed by atoms with Gasteiger partial charge in [0.25, 0.3) is 11.8 Å². The van der Waals surface area contributed by atoms with Gasteiger partial charge in [-0.25, -0.2) is 14.0 Å². The Morgan fingerprint density at radius 2 is 1.76 bits per heavy atom. The molecule has 0 fully saturated rings. The minimum absolute atomic E-state index is 0. The normalized spacial score (nSPS) is 17.2. The molecule has 37 heavy (non-hydrogen) atoms. The highest BCUT2D eigenvalue weighted by Gasteiger charge is 2.47. The molecular formula is C27H33FN4O3S2. The third-order valence-corrected chi connectivity index (χ3v) is 6.57. The number of aryl methyl sites for hydroxylation is 2. The average Bonchev–Trinajstić information content (AvgIpc) is 3.15. The van der Waals surface area contributed by atoms with Gasteiger partial charge in [0.1, 0.15) is 17.7 Å².